The molecule has 0 atom stereocenters. The molecule has 2 nitrogen and oxygen atoms in total. The van der Waals surface area contributed by atoms with Gasteiger partial charge in [-0.15, -0.1) is 23.2 Å². The van der Waals surface area contributed by atoms with E-state index < -0.39 is 0 Å². The van der Waals surface area contributed by atoms with Crippen molar-refractivity contribution in [2.75, 3.05) is 6.54 Å². The lowest BCUT2D eigenvalue weighted by atomic mass is 10.4. The molecule has 0 spiro atoms. The maximum atomic E-state index is 11.5. The molecule has 0 aromatic carbocycles. The molecule has 1 amide bonds. The SMILES string of the molecule is CC#CCCNC(=O)c1sccc1Cl. The largest absolute Gasteiger partial charge is 0.350 e. The van der Waals surface area contributed by atoms with Gasteiger partial charge in [-0.25, -0.2) is 0 Å². The van der Waals surface area contributed by atoms with E-state index in [1.807, 2.05) is 0 Å². The highest BCUT2D eigenvalue weighted by atomic mass is 35.5. The second-order valence-electron chi connectivity index (χ2n) is 2.53. The zero-order valence-corrected chi connectivity index (χ0v) is 9.34. The van der Waals surface area contributed by atoms with E-state index in [1.54, 1.807) is 18.4 Å². The van der Waals surface area contributed by atoms with Crippen molar-refractivity contribution in [3.63, 3.8) is 0 Å². The number of nitrogens with one attached hydrogen (secondary N) is 1. The van der Waals surface area contributed by atoms with E-state index in [2.05, 4.69) is 17.2 Å². The molecule has 1 aromatic rings. The Kier molecular flexibility index (Phi) is 4.51. The first kappa shape index (κ1) is 11.1. The van der Waals surface area contributed by atoms with Gasteiger partial charge >= 0.3 is 0 Å². The third-order valence-corrected chi connectivity index (χ3v) is 2.88. The topological polar surface area (TPSA) is 29.1 Å². The van der Waals surface area contributed by atoms with E-state index in [4.69, 9.17) is 11.6 Å². The number of carbonyl (C=O) groups excluding carboxylic acids is 1. The Balaban J connectivity index is 2.42. The van der Waals surface area contributed by atoms with Gasteiger partial charge in [0.1, 0.15) is 4.88 Å². The summed E-state index contributed by atoms with van der Waals surface area (Å²) < 4.78 is 0. The van der Waals surface area contributed by atoms with E-state index in [1.165, 1.54) is 11.3 Å². The molecule has 0 bridgehead atoms. The molecule has 1 aromatic heterocycles. The lowest BCUT2D eigenvalue weighted by molar-refractivity contribution is 0.0959. The molecule has 0 radical (unpaired) electrons. The normalized spacial score (nSPS) is 9.00. The second-order valence-corrected chi connectivity index (χ2v) is 3.85. The molecular formula is C10H10ClNOS. The lowest BCUT2D eigenvalue weighted by Gasteiger charge is -2.00. The fourth-order valence-corrected chi connectivity index (χ4v) is 1.96. The van der Waals surface area contributed by atoms with Gasteiger partial charge in [-0.1, -0.05) is 11.6 Å². The minimum absolute atomic E-state index is 0.122. The highest BCUT2D eigenvalue weighted by Gasteiger charge is 2.10. The smallest absolute Gasteiger partial charge is 0.262 e. The summed E-state index contributed by atoms with van der Waals surface area (Å²) >= 11 is 7.14. The van der Waals surface area contributed by atoms with Crippen LogP contribution in [0, 0.1) is 11.8 Å². The number of rotatable bonds is 3. The van der Waals surface area contributed by atoms with Crippen molar-refractivity contribution < 1.29 is 4.79 Å². The van der Waals surface area contributed by atoms with E-state index in [-0.39, 0.29) is 5.91 Å². The minimum Gasteiger partial charge on any atom is -0.350 e. The standard InChI is InChI=1S/C10H10ClNOS/c1-2-3-4-6-12-10(13)9-8(11)5-7-14-9/h5,7H,4,6H2,1H3,(H,12,13). The molecule has 1 N–H and O–H groups in total. The van der Waals surface area contributed by atoms with Gasteiger partial charge in [0.05, 0.1) is 5.02 Å². The Morgan fingerprint density at radius 1 is 1.71 bits per heavy atom. The van der Waals surface area contributed by atoms with Gasteiger partial charge in [0.2, 0.25) is 0 Å². The summed E-state index contributed by atoms with van der Waals surface area (Å²) in [7, 11) is 0. The second kappa shape index (κ2) is 5.69. The first-order valence-corrected chi connectivity index (χ1v) is 5.42. The van der Waals surface area contributed by atoms with Crippen LogP contribution in [0.2, 0.25) is 5.02 Å². The van der Waals surface area contributed by atoms with Gasteiger partial charge in [-0.3, -0.25) is 4.79 Å². The summed E-state index contributed by atoms with van der Waals surface area (Å²) in [5, 5.41) is 5.05. The average molecular weight is 228 g/mol. The Hall–Kier alpha value is -0.980. The van der Waals surface area contributed by atoms with Gasteiger partial charge in [0.25, 0.3) is 5.91 Å². The number of halogens is 1. The molecular weight excluding hydrogens is 218 g/mol. The number of carbonyl (C=O) groups is 1. The third-order valence-electron chi connectivity index (χ3n) is 1.54. The summed E-state index contributed by atoms with van der Waals surface area (Å²) in [4.78, 5) is 12.0. The predicted molar refractivity (Wildman–Crippen MR) is 59.7 cm³/mol. The van der Waals surface area contributed by atoms with Crippen LogP contribution in [0.25, 0.3) is 0 Å². The van der Waals surface area contributed by atoms with Gasteiger partial charge in [-0.2, -0.15) is 0 Å². The molecule has 0 aliphatic heterocycles. The maximum Gasteiger partial charge on any atom is 0.262 e. The van der Waals surface area contributed by atoms with Crippen LogP contribution in [0.5, 0.6) is 0 Å². The molecule has 74 valence electrons. The average Bonchev–Trinajstić information content (AvgIpc) is 2.59. The van der Waals surface area contributed by atoms with Crippen LogP contribution in [0.1, 0.15) is 23.0 Å². The highest BCUT2D eigenvalue weighted by molar-refractivity contribution is 7.12. The van der Waals surface area contributed by atoms with E-state index >= 15 is 0 Å². The van der Waals surface area contributed by atoms with Crippen LogP contribution in [0.4, 0.5) is 0 Å². The molecule has 0 aliphatic carbocycles. The number of hydrogen-bond donors (Lipinski definition) is 1. The van der Waals surface area contributed by atoms with Crippen molar-refractivity contribution in [3.05, 3.63) is 21.3 Å². The zero-order chi connectivity index (χ0) is 10.4. The maximum absolute atomic E-state index is 11.5. The quantitative estimate of drug-likeness (QED) is 0.624. The van der Waals surface area contributed by atoms with Crippen LogP contribution >= 0.6 is 22.9 Å². The lowest BCUT2D eigenvalue weighted by Crippen LogP contribution is -2.23. The third kappa shape index (κ3) is 3.06. The summed E-state index contributed by atoms with van der Waals surface area (Å²) in [5.41, 5.74) is 0. The van der Waals surface area contributed by atoms with Crippen molar-refractivity contribution in [1.29, 1.82) is 0 Å². The van der Waals surface area contributed by atoms with E-state index in [9.17, 15) is 4.79 Å². The van der Waals surface area contributed by atoms with Crippen LogP contribution < -0.4 is 5.32 Å². The van der Waals surface area contributed by atoms with Gasteiger partial charge in [-0.05, 0) is 18.4 Å². The minimum atomic E-state index is -0.122. The highest BCUT2D eigenvalue weighted by Crippen LogP contribution is 2.21. The fourth-order valence-electron chi connectivity index (χ4n) is 0.900. The van der Waals surface area contributed by atoms with Crippen molar-refractivity contribution in [2.45, 2.75) is 13.3 Å². The first-order valence-electron chi connectivity index (χ1n) is 4.16. The predicted octanol–water partition coefficient (Wildman–Crippen LogP) is 2.54. The van der Waals surface area contributed by atoms with Gasteiger partial charge < -0.3 is 5.32 Å². The Bertz CT molecular complexity index is 375. The molecule has 0 fully saturated rings. The molecule has 1 rings (SSSR count). The molecule has 0 aliphatic rings. The van der Waals surface area contributed by atoms with Crippen molar-refractivity contribution >= 4 is 28.8 Å². The van der Waals surface area contributed by atoms with Crippen LogP contribution in [-0.4, -0.2) is 12.5 Å². The van der Waals surface area contributed by atoms with Crippen molar-refractivity contribution in [1.82, 2.24) is 5.32 Å². The molecule has 4 heteroatoms. The van der Waals surface area contributed by atoms with E-state index in [0.717, 1.165) is 0 Å². The van der Waals surface area contributed by atoms with Gasteiger partial charge in [0, 0.05) is 13.0 Å². The molecule has 0 saturated heterocycles. The summed E-state index contributed by atoms with van der Waals surface area (Å²) in [5.74, 6) is 5.51. The number of thiophene rings is 1. The van der Waals surface area contributed by atoms with Crippen LogP contribution in [0.3, 0.4) is 0 Å². The van der Waals surface area contributed by atoms with Crippen LogP contribution in [0.15, 0.2) is 11.4 Å². The summed E-state index contributed by atoms with van der Waals surface area (Å²) in [6.45, 7) is 2.34. The van der Waals surface area contributed by atoms with Crippen molar-refractivity contribution in [2.24, 2.45) is 0 Å². The molecule has 1 heterocycles. The Labute approximate surface area is 92.3 Å². The fraction of sp³-hybridized carbons (Fsp3) is 0.300. The molecule has 14 heavy (non-hydrogen) atoms. The van der Waals surface area contributed by atoms with E-state index in [0.29, 0.717) is 22.9 Å². The van der Waals surface area contributed by atoms with Crippen LogP contribution in [-0.2, 0) is 0 Å². The molecule has 0 saturated carbocycles. The summed E-state index contributed by atoms with van der Waals surface area (Å²) in [6.07, 6.45) is 0.672. The zero-order valence-electron chi connectivity index (χ0n) is 7.76. The monoisotopic (exact) mass is 227 g/mol. The molecule has 0 unspecified atom stereocenters. The number of amides is 1. The number of hydrogen-bond acceptors (Lipinski definition) is 2. The first-order chi connectivity index (χ1) is 6.75. The van der Waals surface area contributed by atoms with Gasteiger partial charge in [0.15, 0.2) is 0 Å². The summed E-state index contributed by atoms with van der Waals surface area (Å²) in [6, 6.07) is 1.72. The Morgan fingerprint density at radius 3 is 3.07 bits per heavy atom. The Morgan fingerprint density at radius 2 is 2.50 bits per heavy atom. The van der Waals surface area contributed by atoms with Crippen molar-refractivity contribution in [3.8, 4) is 11.8 Å².